The number of anilines is 1. The molecule has 3 rings (SSSR count). The van der Waals surface area contributed by atoms with Crippen molar-refractivity contribution in [3.8, 4) is 11.3 Å². The van der Waals surface area contributed by atoms with Crippen LogP contribution in [0.2, 0.25) is 0 Å². The summed E-state index contributed by atoms with van der Waals surface area (Å²) in [5.74, 6) is 8.09. The lowest BCUT2D eigenvalue weighted by Gasteiger charge is -2.20. The molecule has 1 saturated carbocycles. The predicted molar refractivity (Wildman–Crippen MR) is 82.8 cm³/mol. The maximum absolute atomic E-state index is 6.16. The number of hydrogen-bond donors (Lipinski definition) is 2. The molecule has 0 radical (unpaired) electrons. The Bertz CT molecular complexity index is 592. The summed E-state index contributed by atoms with van der Waals surface area (Å²) in [5, 5.41) is 0. The third kappa shape index (κ3) is 2.26. The zero-order chi connectivity index (χ0) is 14.1. The van der Waals surface area contributed by atoms with Gasteiger partial charge in [-0.1, -0.05) is 49.1 Å². The van der Waals surface area contributed by atoms with Crippen molar-refractivity contribution in [2.24, 2.45) is 0 Å². The fourth-order valence-electron chi connectivity index (χ4n) is 3.04. The molecule has 1 fully saturated rings. The normalized spacial score (nSPS) is 16.4. The first kappa shape index (κ1) is 13.0. The second-order valence-electron chi connectivity index (χ2n) is 5.77. The summed E-state index contributed by atoms with van der Waals surface area (Å²) in [4.78, 5) is 4.75. The van der Waals surface area contributed by atoms with Gasteiger partial charge in [-0.2, -0.15) is 0 Å². The van der Waals surface area contributed by atoms with Gasteiger partial charge in [0.15, 0.2) is 5.82 Å². The van der Waals surface area contributed by atoms with Gasteiger partial charge in [0.25, 0.3) is 0 Å². The highest BCUT2D eigenvalue weighted by molar-refractivity contribution is 5.71. The average molecular weight is 270 g/mol. The number of nitrogen functional groups attached to an aromatic ring is 2. The molecule has 0 spiro atoms. The number of benzene rings is 1. The number of rotatable bonds is 2. The summed E-state index contributed by atoms with van der Waals surface area (Å²) < 4.78 is 1.59. The first-order valence-corrected chi connectivity index (χ1v) is 7.37. The molecule has 0 atom stereocenters. The van der Waals surface area contributed by atoms with E-state index < -0.39 is 0 Å². The lowest BCUT2D eigenvalue weighted by Crippen LogP contribution is -2.19. The van der Waals surface area contributed by atoms with Crippen LogP contribution in [-0.2, 0) is 0 Å². The SMILES string of the molecule is Cc1ccc(-c2nc(C3CCCCC3)n(N)c2N)cc1. The van der Waals surface area contributed by atoms with Crippen LogP contribution >= 0.6 is 0 Å². The summed E-state index contributed by atoms with van der Waals surface area (Å²) in [7, 11) is 0. The van der Waals surface area contributed by atoms with E-state index >= 15 is 0 Å². The van der Waals surface area contributed by atoms with Gasteiger partial charge in [0.05, 0.1) is 0 Å². The van der Waals surface area contributed by atoms with Gasteiger partial charge in [0.1, 0.15) is 11.5 Å². The van der Waals surface area contributed by atoms with Crippen LogP contribution in [0, 0.1) is 6.92 Å². The molecule has 4 N–H and O–H groups in total. The van der Waals surface area contributed by atoms with Gasteiger partial charge < -0.3 is 11.6 Å². The fourth-order valence-corrected chi connectivity index (χ4v) is 3.04. The zero-order valence-corrected chi connectivity index (χ0v) is 12.0. The van der Waals surface area contributed by atoms with E-state index in [1.807, 2.05) is 0 Å². The fraction of sp³-hybridized carbons (Fsp3) is 0.438. The van der Waals surface area contributed by atoms with Crippen molar-refractivity contribution in [3.63, 3.8) is 0 Å². The third-order valence-electron chi connectivity index (χ3n) is 4.27. The number of nitrogens with two attached hydrogens (primary N) is 2. The van der Waals surface area contributed by atoms with Gasteiger partial charge in [0, 0.05) is 11.5 Å². The molecule has 0 bridgehead atoms. The molecule has 0 amide bonds. The summed E-state index contributed by atoms with van der Waals surface area (Å²) in [6, 6.07) is 8.26. The largest absolute Gasteiger partial charge is 0.382 e. The Balaban J connectivity index is 1.98. The predicted octanol–water partition coefficient (Wildman–Crippen LogP) is 3.20. The highest BCUT2D eigenvalue weighted by Crippen LogP contribution is 2.35. The maximum Gasteiger partial charge on any atom is 0.150 e. The molecule has 106 valence electrons. The van der Waals surface area contributed by atoms with Crippen LogP contribution in [0.15, 0.2) is 24.3 Å². The molecule has 4 nitrogen and oxygen atoms in total. The van der Waals surface area contributed by atoms with Crippen LogP contribution in [-0.4, -0.2) is 9.66 Å². The second kappa shape index (κ2) is 5.19. The molecule has 0 saturated heterocycles. The molecule has 1 aromatic carbocycles. The number of aryl methyl sites for hydroxylation is 1. The molecular weight excluding hydrogens is 248 g/mol. The van der Waals surface area contributed by atoms with Crippen LogP contribution < -0.4 is 11.6 Å². The summed E-state index contributed by atoms with van der Waals surface area (Å²) in [5.41, 5.74) is 9.23. The molecule has 0 aliphatic heterocycles. The Kier molecular flexibility index (Phi) is 3.38. The first-order chi connectivity index (χ1) is 9.66. The molecule has 20 heavy (non-hydrogen) atoms. The smallest absolute Gasteiger partial charge is 0.150 e. The van der Waals surface area contributed by atoms with Gasteiger partial charge >= 0.3 is 0 Å². The van der Waals surface area contributed by atoms with E-state index in [1.54, 1.807) is 4.68 Å². The first-order valence-electron chi connectivity index (χ1n) is 7.37. The van der Waals surface area contributed by atoms with Crippen molar-refractivity contribution in [1.29, 1.82) is 0 Å². The quantitative estimate of drug-likeness (QED) is 0.823. The lowest BCUT2D eigenvalue weighted by molar-refractivity contribution is 0.424. The number of imidazole rings is 1. The summed E-state index contributed by atoms with van der Waals surface area (Å²) in [6.45, 7) is 2.07. The molecule has 1 heterocycles. The summed E-state index contributed by atoms with van der Waals surface area (Å²) >= 11 is 0. The van der Waals surface area contributed by atoms with Crippen LogP contribution in [0.25, 0.3) is 11.3 Å². The number of nitrogens with zero attached hydrogens (tertiary/aromatic N) is 2. The van der Waals surface area contributed by atoms with E-state index in [0.717, 1.165) is 17.1 Å². The highest BCUT2D eigenvalue weighted by Gasteiger charge is 2.23. The molecular formula is C16H22N4. The van der Waals surface area contributed by atoms with E-state index in [-0.39, 0.29) is 0 Å². The van der Waals surface area contributed by atoms with Crippen LogP contribution in [0.5, 0.6) is 0 Å². The van der Waals surface area contributed by atoms with Gasteiger partial charge in [-0.05, 0) is 19.8 Å². The number of aromatic nitrogens is 2. The Morgan fingerprint density at radius 1 is 1.10 bits per heavy atom. The Labute approximate surface area is 119 Å². The van der Waals surface area contributed by atoms with Gasteiger partial charge in [0.2, 0.25) is 0 Å². The molecule has 1 aliphatic carbocycles. The minimum absolute atomic E-state index is 0.454. The molecule has 2 aromatic rings. The van der Waals surface area contributed by atoms with Crippen molar-refractivity contribution < 1.29 is 0 Å². The van der Waals surface area contributed by atoms with E-state index in [2.05, 4.69) is 31.2 Å². The van der Waals surface area contributed by atoms with Gasteiger partial charge in [-0.15, -0.1) is 0 Å². The molecule has 1 aromatic heterocycles. The highest BCUT2D eigenvalue weighted by atomic mass is 15.4. The standard InChI is InChI=1S/C16H22N4/c1-11-7-9-12(10-8-11)14-15(17)20(18)16(19-14)13-5-3-2-4-6-13/h7-10,13H,2-6,17-18H2,1H3. The lowest BCUT2D eigenvalue weighted by atomic mass is 9.89. The van der Waals surface area contributed by atoms with Crippen LogP contribution in [0.1, 0.15) is 49.4 Å². The minimum atomic E-state index is 0.454. The maximum atomic E-state index is 6.16. The zero-order valence-electron chi connectivity index (χ0n) is 12.0. The Morgan fingerprint density at radius 2 is 1.75 bits per heavy atom. The van der Waals surface area contributed by atoms with Gasteiger partial charge in [-0.25, -0.2) is 9.66 Å². The van der Waals surface area contributed by atoms with E-state index in [1.165, 1.54) is 37.7 Å². The topological polar surface area (TPSA) is 69.9 Å². The Hall–Kier alpha value is -1.97. The summed E-state index contributed by atoms with van der Waals surface area (Å²) in [6.07, 6.45) is 6.18. The third-order valence-corrected chi connectivity index (χ3v) is 4.27. The minimum Gasteiger partial charge on any atom is -0.382 e. The van der Waals surface area contributed by atoms with Crippen molar-refractivity contribution in [2.45, 2.75) is 44.9 Å². The molecule has 0 unspecified atom stereocenters. The van der Waals surface area contributed by atoms with E-state index in [9.17, 15) is 0 Å². The van der Waals surface area contributed by atoms with Crippen molar-refractivity contribution in [1.82, 2.24) is 9.66 Å². The van der Waals surface area contributed by atoms with Crippen LogP contribution in [0.3, 0.4) is 0 Å². The van der Waals surface area contributed by atoms with Crippen molar-refractivity contribution >= 4 is 5.82 Å². The van der Waals surface area contributed by atoms with E-state index in [0.29, 0.717) is 11.7 Å². The Morgan fingerprint density at radius 3 is 2.40 bits per heavy atom. The number of hydrogen-bond acceptors (Lipinski definition) is 3. The molecule has 4 heteroatoms. The van der Waals surface area contributed by atoms with Crippen molar-refractivity contribution in [3.05, 3.63) is 35.7 Å². The molecule has 1 aliphatic rings. The second-order valence-corrected chi connectivity index (χ2v) is 5.77. The average Bonchev–Trinajstić information content (AvgIpc) is 2.77. The van der Waals surface area contributed by atoms with Crippen molar-refractivity contribution in [2.75, 3.05) is 11.6 Å². The van der Waals surface area contributed by atoms with Gasteiger partial charge in [-0.3, -0.25) is 0 Å². The van der Waals surface area contributed by atoms with Crippen LogP contribution in [0.4, 0.5) is 5.82 Å². The van der Waals surface area contributed by atoms with E-state index in [4.69, 9.17) is 16.6 Å². The monoisotopic (exact) mass is 270 g/mol.